The van der Waals surface area contributed by atoms with Crippen molar-refractivity contribution in [2.45, 2.75) is 17.4 Å². The fourth-order valence-corrected chi connectivity index (χ4v) is 3.04. The molecule has 23 heavy (non-hydrogen) atoms. The topological polar surface area (TPSA) is 81.1 Å². The molecule has 1 fully saturated rings. The van der Waals surface area contributed by atoms with E-state index in [1.807, 2.05) is 18.4 Å². The molecule has 0 aromatic carbocycles. The van der Waals surface area contributed by atoms with Crippen molar-refractivity contribution in [3.05, 3.63) is 36.6 Å². The summed E-state index contributed by atoms with van der Waals surface area (Å²) >= 11 is 1.53. The average molecular weight is 329 g/mol. The Hall–Kier alpha value is -2.35. The Morgan fingerprint density at radius 2 is 2.04 bits per heavy atom. The molecule has 8 heteroatoms. The van der Waals surface area contributed by atoms with Crippen LogP contribution >= 0.6 is 11.8 Å². The first-order valence-electron chi connectivity index (χ1n) is 7.17. The monoisotopic (exact) mass is 329 g/mol. The molecule has 0 N–H and O–H groups in total. The highest BCUT2D eigenvalue weighted by molar-refractivity contribution is 7.98. The summed E-state index contributed by atoms with van der Waals surface area (Å²) in [6, 6.07) is 3.74. The molecule has 0 amide bonds. The van der Waals surface area contributed by atoms with Gasteiger partial charge in [0.1, 0.15) is 5.82 Å². The maximum atomic E-state index is 5.83. The van der Waals surface area contributed by atoms with Gasteiger partial charge < -0.3 is 13.7 Å². The zero-order chi connectivity index (χ0) is 15.9. The largest absolute Gasteiger partial charge is 0.445 e. The lowest BCUT2D eigenvalue weighted by atomic mass is 9.82. The van der Waals surface area contributed by atoms with Crippen LogP contribution in [0.25, 0.3) is 11.7 Å². The van der Waals surface area contributed by atoms with Crippen molar-refractivity contribution in [2.75, 3.05) is 24.2 Å². The third kappa shape index (κ3) is 2.48. The molecule has 118 valence electrons. The molecular weight excluding hydrogens is 314 g/mol. The second kappa shape index (κ2) is 5.38. The SMILES string of the molecule is CSc1ccc(-c2nnc(C3(C)CN(c4cnccn4)C3)o2)o1. The van der Waals surface area contributed by atoms with E-state index in [4.69, 9.17) is 8.83 Å². The number of aromatic nitrogens is 4. The van der Waals surface area contributed by atoms with Gasteiger partial charge in [-0.1, -0.05) is 11.8 Å². The van der Waals surface area contributed by atoms with Gasteiger partial charge in [0, 0.05) is 25.5 Å². The van der Waals surface area contributed by atoms with Gasteiger partial charge in [0.15, 0.2) is 10.9 Å². The van der Waals surface area contributed by atoms with Gasteiger partial charge in [-0.2, -0.15) is 0 Å². The van der Waals surface area contributed by atoms with Crippen molar-refractivity contribution in [3.63, 3.8) is 0 Å². The Labute approximate surface area is 137 Å². The highest BCUT2D eigenvalue weighted by Crippen LogP contribution is 2.37. The maximum absolute atomic E-state index is 5.83. The van der Waals surface area contributed by atoms with E-state index in [0.717, 1.165) is 24.0 Å². The fraction of sp³-hybridized carbons (Fsp3) is 0.333. The van der Waals surface area contributed by atoms with Crippen LogP contribution in [0.15, 0.2) is 44.6 Å². The third-order valence-electron chi connectivity index (χ3n) is 3.89. The molecule has 0 bridgehead atoms. The zero-order valence-electron chi connectivity index (χ0n) is 12.8. The van der Waals surface area contributed by atoms with Crippen LogP contribution in [0.2, 0.25) is 0 Å². The van der Waals surface area contributed by atoms with Crippen LogP contribution in [0, 0.1) is 0 Å². The van der Waals surface area contributed by atoms with Crippen molar-refractivity contribution in [2.24, 2.45) is 0 Å². The average Bonchev–Trinajstić information content (AvgIpc) is 3.21. The number of rotatable bonds is 4. The first kappa shape index (κ1) is 14.3. The minimum atomic E-state index is -0.183. The summed E-state index contributed by atoms with van der Waals surface area (Å²) in [5.74, 6) is 2.50. The summed E-state index contributed by atoms with van der Waals surface area (Å²) in [5, 5.41) is 9.14. The van der Waals surface area contributed by atoms with Crippen LogP contribution in [0.4, 0.5) is 5.82 Å². The maximum Gasteiger partial charge on any atom is 0.283 e. The molecule has 1 aliphatic heterocycles. The number of anilines is 1. The van der Waals surface area contributed by atoms with Crippen LogP contribution in [0.5, 0.6) is 0 Å². The Bertz CT molecular complexity index is 810. The van der Waals surface area contributed by atoms with Crippen LogP contribution in [-0.2, 0) is 5.41 Å². The molecule has 1 saturated heterocycles. The molecule has 0 spiro atoms. The molecule has 0 saturated carbocycles. The number of thioether (sulfide) groups is 1. The predicted molar refractivity (Wildman–Crippen MR) is 85.4 cm³/mol. The third-order valence-corrected chi connectivity index (χ3v) is 4.51. The number of nitrogens with zero attached hydrogens (tertiary/aromatic N) is 5. The Morgan fingerprint density at radius 1 is 1.17 bits per heavy atom. The van der Waals surface area contributed by atoms with Gasteiger partial charge >= 0.3 is 0 Å². The van der Waals surface area contributed by atoms with Crippen molar-refractivity contribution >= 4 is 17.6 Å². The molecule has 0 atom stereocenters. The quantitative estimate of drug-likeness (QED) is 0.676. The number of hydrogen-bond acceptors (Lipinski definition) is 8. The first-order valence-corrected chi connectivity index (χ1v) is 8.39. The van der Waals surface area contributed by atoms with Crippen molar-refractivity contribution in [1.29, 1.82) is 0 Å². The van der Waals surface area contributed by atoms with Gasteiger partial charge in [-0.3, -0.25) is 4.98 Å². The molecule has 4 rings (SSSR count). The number of furan rings is 1. The zero-order valence-corrected chi connectivity index (χ0v) is 13.6. The van der Waals surface area contributed by atoms with E-state index in [0.29, 0.717) is 17.5 Å². The lowest BCUT2D eigenvalue weighted by Gasteiger charge is -2.46. The van der Waals surface area contributed by atoms with Gasteiger partial charge in [0.2, 0.25) is 5.89 Å². The highest BCUT2D eigenvalue weighted by Gasteiger charge is 2.45. The predicted octanol–water partition coefficient (Wildman–Crippen LogP) is 2.62. The summed E-state index contributed by atoms with van der Waals surface area (Å²) in [4.78, 5) is 10.5. The Balaban J connectivity index is 1.51. The second-order valence-electron chi connectivity index (χ2n) is 5.72. The normalized spacial score (nSPS) is 16.3. The highest BCUT2D eigenvalue weighted by atomic mass is 32.2. The minimum Gasteiger partial charge on any atom is -0.445 e. The van der Waals surface area contributed by atoms with Crippen molar-refractivity contribution in [3.8, 4) is 11.7 Å². The van der Waals surface area contributed by atoms with Crippen LogP contribution in [-0.4, -0.2) is 39.5 Å². The molecule has 0 aliphatic carbocycles. The van der Waals surface area contributed by atoms with E-state index in [1.54, 1.807) is 18.6 Å². The number of hydrogen-bond donors (Lipinski definition) is 0. The standard InChI is InChI=1S/C15H15N5O2S/c1-15(8-20(9-15)11-7-16-5-6-17-11)14-19-18-13(22-14)10-3-4-12(21-10)23-2/h3-7H,8-9H2,1-2H3. The van der Waals surface area contributed by atoms with Crippen LogP contribution < -0.4 is 4.90 Å². The molecule has 7 nitrogen and oxygen atoms in total. The van der Waals surface area contributed by atoms with E-state index in [9.17, 15) is 0 Å². The van der Waals surface area contributed by atoms with Crippen molar-refractivity contribution in [1.82, 2.24) is 20.2 Å². The summed E-state index contributed by atoms with van der Waals surface area (Å²) in [6.45, 7) is 3.63. The smallest absolute Gasteiger partial charge is 0.283 e. The fourth-order valence-electron chi connectivity index (χ4n) is 2.66. The van der Waals surface area contributed by atoms with Crippen LogP contribution in [0.1, 0.15) is 12.8 Å². The van der Waals surface area contributed by atoms with Gasteiger partial charge in [0.05, 0.1) is 11.6 Å². The van der Waals surface area contributed by atoms with Gasteiger partial charge in [0.25, 0.3) is 5.89 Å². The van der Waals surface area contributed by atoms with E-state index < -0.39 is 0 Å². The Morgan fingerprint density at radius 3 is 2.74 bits per heavy atom. The van der Waals surface area contributed by atoms with Crippen molar-refractivity contribution < 1.29 is 8.83 Å². The lowest BCUT2D eigenvalue weighted by molar-refractivity contribution is 0.282. The van der Waals surface area contributed by atoms with Crippen LogP contribution in [0.3, 0.4) is 0 Å². The lowest BCUT2D eigenvalue weighted by Crippen LogP contribution is -2.58. The van der Waals surface area contributed by atoms with E-state index in [2.05, 4.69) is 32.0 Å². The molecular formula is C15H15N5O2S. The molecule has 0 radical (unpaired) electrons. The van der Waals surface area contributed by atoms with E-state index in [-0.39, 0.29) is 5.41 Å². The molecule has 1 aliphatic rings. The summed E-state index contributed by atoms with van der Waals surface area (Å²) in [6.07, 6.45) is 7.07. The second-order valence-corrected chi connectivity index (χ2v) is 6.53. The molecule has 3 aromatic heterocycles. The van der Waals surface area contributed by atoms with Gasteiger partial charge in [-0.25, -0.2) is 4.98 Å². The molecule has 3 aromatic rings. The minimum absolute atomic E-state index is 0.183. The first-order chi connectivity index (χ1) is 11.2. The summed E-state index contributed by atoms with van der Waals surface area (Å²) in [7, 11) is 0. The Kier molecular flexibility index (Phi) is 3.33. The molecule has 4 heterocycles. The van der Waals surface area contributed by atoms with Gasteiger partial charge in [-0.15, -0.1) is 10.2 Å². The summed E-state index contributed by atoms with van der Waals surface area (Å²) < 4.78 is 11.5. The van der Waals surface area contributed by atoms with E-state index in [1.165, 1.54) is 11.8 Å². The van der Waals surface area contributed by atoms with E-state index >= 15 is 0 Å². The molecule has 0 unspecified atom stereocenters. The summed E-state index contributed by atoms with van der Waals surface area (Å²) in [5.41, 5.74) is -0.183. The van der Waals surface area contributed by atoms with Gasteiger partial charge in [-0.05, 0) is 25.3 Å².